The number of rotatable bonds is 7. The van der Waals surface area contributed by atoms with Crippen molar-refractivity contribution in [3.05, 3.63) is 42.5 Å². The maximum atomic E-state index is 12.7. The van der Waals surface area contributed by atoms with Crippen molar-refractivity contribution < 1.29 is 29.3 Å². The number of fused-ring (bicyclic) bond motifs is 1. The van der Waals surface area contributed by atoms with Crippen molar-refractivity contribution in [3.8, 4) is 5.75 Å². The number of ether oxygens (including phenoxy) is 2. The van der Waals surface area contributed by atoms with E-state index in [2.05, 4.69) is 20.3 Å². The van der Waals surface area contributed by atoms with Crippen LogP contribution in [0.5, 0.6) is 5.75 Å². The van der Waals surface area contributed by atoms with E-state index in [0.29, 0.717) is 5.75 Å². The number of aliphatic hydroxyl groups excluding tert-OH is 1. The number of nitrogens with one attached hydrogen (secondary N) is 1. The molecule has 5 atom stereocenters. The number of carboxylic acid groups (broad SMARTS) is 1. The third kappa shape index (κ3) is 4.28. The average molecular weight is 457 g/mol. The van der Waals surface area contributed by atoms with Gasteiger partial charge in [-0.2, -0.15) is 0 Å². The second-order valence-corrected chi connectivity index (χ2v) is 7.55. The molecular formula is C20H23N7O6. The standard InChI is InChI=1S/C20H23N7O6/c1-32-10-4-2-9(3-5-10)6-11(21)18(29)26-12-14(28)19(33-15(12)20(30)31)27-8-25-13-16(22)23-7-24-17(13)27/h2-5,7-8,11-12,14-15,19,28H,6,21H2,1H3,(H,26,29)(H,30,31)(H2,22,23,24)/t11-,12-,14+,15-,19+/m0/s1. The molecule has 0 radical (unpaired) electrons. The number of carbonyl (C=O) groups is 2. The minimum atomic E-state index is -1.53. The van der Waals surface area contributed by atoms with E-state index in [1.54, 1.807) is 31.4 Å². The summed E-state index contributed by atoms with van der Waals surface area (Å²) in [6, 6.07) is 4.77. The van der Waals surface area contributed by atoms with Gasteiger partial charge < -0.3 is 36.5 Å². The van der Waals surface area contributed by atoms with Crippen LogP contribution in [0.3, 0.4) is 0 Å². The summed E-state index contributed by atoms with van der Waals surface area (Å²) in [7, 11) is 1.55. The van der Waals surface area contributed by atoms with Gasteiger partial charge in [0.05, 0.1) is 25.5 Å². The monoisotopic (exact) mass is 457 g/mol. The summed E-state index contributed by atoms with van der Waals surface area (Å²) in [6.45, 7) is 0. The highest BCUT2D eigenvalue weighted by Gasteiger charge is 2.49. The molecule has 2 aromatic heterocycles. The number of nitrogen functional groups attached to an aromatic ring is 1. The third-order valence-corrected chi connectivity index (χ3v) is 5.44. The number of imidazole rings is 1. The van der Waals surface area contributed by atoms with Crippen LogP contribution in [0.2, 0.25) is 0 Å². The predicted molar refractivity (Wildman–Crippen MR) is 114 cm³/mol. The summed E-state index contributed by atoms with van der Waals surface area (Å²) in [5.74, 6) is -1.20. The zero-order valence-corrected chi connectivity index (χ0v) is 17.5. The fourth-order valence-corrected chi connectivity index (χ4v) is 3.71. The van der Waals surface area contributed by atoms with Crippen LogP contribution in [-0.2, 0) is 20.7 Å². The van der Waals surface area contributed by atoms with E-state index in [1.165, 1.54) is 17.2 Å². The first-order valence-electron chi connectivity index (χ1n) is 9.98. The van der Waals surface area contributed by atoms with Crippen molar-refractivity contribution in [1.29, 1.82) is 0 Å². The number of aliphatic carboxylic acids is 1. The van der Waals surface area contributed by atoms with E-state index < -0.39 is 42.4 Å². The van der Waals surface area contributed by atoms with Crippen molar-refractivity contribution in [3.63, 3.8) is 0 Å². The van der Waals surface area contributed by atoms with Crippen LogP contribution < -0.4 is 21.5 Å². The van der Waals surface area contributed by atoms with Gasteiger partial charge in [0.15, 0.2) is 23.8 Å². The van der Waals surface area contributed by atoms with Crippen molar-refractivity contribution in [2.75, 3.05) is 12.8 Å². The summed E-state index contributed by atoms with van der Waals surface area (Å²) in [5.41, 5.74) is 13.1. The summed E-state index contributed by atoms with van der Waals surface area (Å²) in [6.07, 6.45) is -1.43. The second-order valence-electron chi connectivity index (χ2n) is 7.55. The Bertz CT molecular complexity index is 1170. The molecule has 1 fully saturated rings. The maximum absolute atomic E-state index is 12.7. The van der Waals surface area contributed by atoms with Gasteiger partial charge in [0.25, 0.3) is 0 Å². The van der Waals surface area contributed by atoms with E-state index in [1.807, 2.05) is 0 Å². The number of anilines is 1. The SMILES string of the molecule is COc1ccc(C[C@H](N)C(=O)N[C@H]2[C@@H](O)[C@H](n3cnc4c(N)ncnc43)O[C@@H]2C(=O)O)cc1. The van der Waals surface area contributed by atoms with Crippen LogP contribution in [0.1, 0.15) is 11.8 Å². The molecule has 13 heteroatoms. The molecule has 0 saturated carbocycles. The largest absolute Gasteiger partial charge is 0.497 e. The van der Waals surface area contributed by atoms with Crippen molar-refractivity contribution in [2.45, 2.75) is 36.9 Å². The molecule has 4 rings (SSSR count). The van der Waals surface area contributed by atoms with Gasteiger partial charge in [-0.3, -0.25) is 9.36 Å². The lowest BCUT2D eigenvalue weighted by molar-refractivity contribution is -0.152. The van der Waals surface area contributed by atoms with Crippen molar-refractivity contribution >= 4 is 28.9 Å². The van der Waals surface area contributed by atoms with E-state index in [4.69, 9.17) is 20.9 Å². The van der Waals surface area contributed by atoms with Gasteiger partial charge in [-0.25, -0.2) is 19.7 Å². The molecule has 174 valence electrons. The zero-order chi connectivity index (χ0) is 23.7. The molecule has 1 saturated heterocycles. The first kappa shape index (κ1) is 22.4. The van der Waals surface area contributed by atoms with Crippen LogP contribution >= 0.6 is 0 Å². The number of carbonyl (C=O) groups excluding carboxylic acids is 1. The molecule has 13 nitrogen and oxygen atoms in total. The number of hydrogen-bond donors (Lipinski definition) is 5. The highest BCUT2D eigenvalue weighted by molar-refractivity contribution is 5.84. The molecule has 1 amide bonds. The Balaban J connectivity index is 1.51. The van der Waals surface area contributed by atoms with Gasteiger partial charge in [-0.05, 0) is 24.1 Å². The second kappa shape index (κ2) is 8.97. The smallest absolute Gasteiger partial charge is 0.335 e. The average Bonchev–Trinajstić information content (AvgIpc) is 3.36. The number of amides is 1. The van der Waals surface area contributed by atoms with Gasteiger partial charge >= 0.3 is 5.97 Å². The number of carboxylic acids is 1. The van der Waals surface area contributed by atoms with Crippen LogP contribution in [0.15, 0.2) is 36.9 Å². The molecule has 3 heterocycles. The van der Waals surface area contributed by atoms with Crippen LogP contribution in [-0.4, -0.2) is 73.0 Å². The van der Waals surface area contributed by atoms with Crippen LogP contribution in [0.25, 0.3) is 11.2 Å². The molecule has 0 aliphatic carbocycles. The zero-order valence-electron chi connectivity index (χ0n) is 17.5. The predicted octanol–water partition coefficient (Wildman–Crippen LogP) is -1.19. The molecule has 33 heavy (non-hydrogen) atoms. The van der Waals surface area contributed by atoms with Gasteiger partial charge in [0.2, 0.25) is 5.91 Å². The first-order valence-corrected chi connectivity index (χ1v) is 9.98. The van der Waals surface area contributed by atoms with E-state index in [-0.39, 0.29) is 23.4 Å². The maximum Gasteiger partial charge on any atom is 0.335 e. The van der Waals surface area contributed by atoms with E-state index in [9.17, 15) is 19.8 Å². The Morgan fingerprint density at radius 3 is 2.67 bits per heavy atom. The topological polar surface area (TPSA) is 201 Å². The minimum Gasteiger partial charge on any atom is -0.497 e. The quantitative estimate of drug-likeness (QED) is 0.286. The summed E-state index contributed by atoms with van der Waals surface area (Å²) >= 11 is 0. The molecule has 0 bridgehead atoms. The molecule has 1 aliphatic heterocycles. The van der Waals surface area contributed by atoms with Crippen molar-refractivity contribution in [1.82, 2.24) is 24.8 Å². The molecule has 0 spiro atoms. The van der Waals surface area contributed by atoms with Gasteiger partial charge in [-0.15, -0.1) is 0 Å². The van der Waals surface area contributed by atoms with Crippen LogP contribution in [0.4, 0.5) is 5.82 Å². The first-order chi connectivity index (χ1) is 15.8. The van der Waals surface area contributed by atoms with Gasteiger partial charge in [0.1, 0.15) is 23.7 Å². The number of nitrogens with zero attached hydrogens (tertiary/aromatic N) is 4. The highest BCUT2D eigenvalue weighted by Crippen LogP contribution is 2.32. The molecule has 1 aliphatic rings. The normalized spacial score (nSPS) is 23.4. The third-order valence-electron chi connectivity index (χ3n) is 5.44. The van der Waals surface area contributed by atoms with E-state index in [0.717, 1.165) is 5.56 Å². The Morgan fingerprint density at radius 2 is 2.00 bits per heavy atom. The lowest BCUT2D eigenvalue weighted by Gasteiger charge is -2.22. The number of nitrogens with two attached hydrogens (primary N) is 2. The fraction of sp³-hybridized carbons (Fsp3) is 0.350. The Hall–Kier alpha value is -3.81. The number of aliphatic hydroxyl groups is 1. The van der Waals surface area contributed by atoms with E-state index >= 15 is 0 Å². The highest BCUT2D eigenvalue weighted by atomic mass is 16.6. The van der Waals surface area contributed by atoms with Crippen LogP contribution in [0, 0.1) is 0 Å². The molecule has 0 unspecified atom stereocenters. The fourth-order valence-electron chi connectivity index (χ4n) is 3.71. The molecule has 1 aromatic carbocycles. The summed E-state index contributed by atoms with van der Waals surface area (Å²) in [4.78, 5) is 36.5. The molecule has 3 aromatic rings. The number of aromatic nitrogens is 4. The molecule has 7 N–H and O–H groups in total. The number of hydrogen-bond acceptors (Lipinski definition) is 10. The Kier molecular flexibility index (Phi) is 6.09. The van der Waals surface area contributed by atoms with Crippen molar-refractivity contribution in [2.24, 2.45) is 5.73 Å². The number of benzene rings is 1. The summed E-state index contributed by atoms with van der Waals surface area (Å²) < 4.78 is 12.0. The lowest BCUT2D eigenvalue weighted by atomic mass is 10.0. The lowest BCUT2D eigenvalue weighted by Crippen LogP contribution is -2.54. The minimum absolute atomic E-state index is 0.121. The van der Waals surface area contributed by atoms with Gasteiger partial charge in [0, 0.05) is 0 Å². The molecular weight excluding hydrogens is 434 g/mol. The number of methoxy groups -OCH3 is 1. The van der Waals surface area contributed by atoms with Gasteiger partial charge in [-0.1, -0.05) is 12.1 Å². The Morgan fingerprint density at radius 1 is 1.27 bits per heavy atom. The summed E-state index contributed by atoms with van der Waals surface area (Å²) in [5, 5.41) is 23.0. The Labute approximate surface area is 187 Å².